The highest BCUT2D eigenvalue weighted by atomic mass is 32.1. The Morgan fingerprint density at radius 1 is 1.50 bits per heavy atom. The predicted molar refractivity (Wildman–Crippen MR) is 67.1 cm³/mol. The molecule has 16 heavy (non-hydrogen) atoms. The van der Waals surface area contributed by atoms with Crippen LogP contribution in [0.1, 0.15) is 27.9 Å². The van der Waals surface area contributed by atoms with Crippen molar-refractivity contribution in [3.8, 4) is 0 Å². The van der Waals surface area contributed by atoms with Crippen LogP contribution >= 0.6 is 11.3 Å². The van der Waals surface area contributed by atoms with Crippen LogP contribution < -0.4 is 5.32 Å². The van der Waals surface area contributed by atoms with Gasteiger partial charge in [-0.15, -0.1) is 11.3 Å². The van der Waals surface area contributed by atoms with Crippen molar-refractivity contribution in [2.75, 3.05) is 7.05 Å². The molecular formula is C12H14N2OS. The zero-order valence-electron chi connectivity index (χ0n) is 9.63. The lowest BCUT2D eigenvalue weighted by Gasteiger charge is -2.03. The van der Waals surface area contributed by atoms with Crippen LogP contribution in [-0.4, -0.2) is 17.8 Å². The van der Waals surface area contributed by atoms with Gasteiger partial charge < -0.3 is 5.32 Å². The Bertz CT molecular complexity index is 545. The second kappa shape index (κ2) is 4.31. The molecule has 2 rings (SSSR count). The minimum Gasteiger partial charge on any atom is -0.316 e. The van der Waals surface area contributed by atoms with Crippen molar-refractivity contribution in [2.24, 2.45) is 0 Å². The monoisotopic (exact) mass is 234 g/mol. The van der Waals surface area contributed by atoms with Crippen LogP contribution in [0.5, 0.6) is 0 Å². The zero-order valence-corrected chi connectivity index (χ0v) is 10.4. The third kappa shape index (κ3) is 1.99. The van der Waals surface area contributed by atoms with E-state index in [-0.39, 0.29) is 5.78 Å². The summed E-state index contributed by atoms with van der Waals surface area (Å²) in [5, 5.41) is 4.14. The van der Waals surface area contributed by atoms with Crippen molar-refractivity contribution in [2.45, 2.75) is 20.4 Å². The normalized spacial score (nSPS) is 10.9. The van der Waals surface area contributed by atoms with Crippen LogP contribution in [0.25, 0.3) is 10.2 Å². The third-order valence-corrected chi connectivity index (χ3v) is 3.37. The molecule has 84 valence electrons. The van der Waals surface area contributed by atoms with Crippen molar-refractivity contribution in [1.82, 2.24) is 10.3 Å². The molecule has 0 spiro atoms. The average Bonchev–Trinajstić information content (AvgIpc) is 2.58. The highest BCUT2D eigenvalue weighted by Crippen LogP contribution is 2.26. The molecule has 3 nitrogen and oxygen atoms in total. The van der Waals surface area contributed by atoms with Crippen molar-refractivity contribution in [1.29, 1.82) is 0 Å². The van der Waals surface area contributed by atoms with Gasteiger partial charge in [0.05, 0.1) is 15.2 Å². The van der Waals surface area contributed by atoms with Gasteiger partial charge in [0.15, 0.2) is 5.78 Å². The number of carbonyl (C=O) groups is 1. The summed E-state index contributed by atoms with van der Waals surface area (Å²) >= 11 is 1.63. The van der Waals surface area contributed by atoms with Gasteiger partial charge in [-0.3, -0.25) is 4.79 Å². The number of nitrogens with one attached hydrogen (secondary N) is 1. The summed E-state index contributed by atoms with van der Waals surface area (Å²) in [5.41, 5.74) is 2.87. The zero-order chi connectivity index (χ0) is 11.7. The number of hydrogen-bond donors (Lipinski definition) is 1. The molecule has 0 radical (unpaired) electrons. The van der Waals surface area contributed by atoms with Gasteiger partial charge in [0.25, 0.3) is 0 Å². The number of nitrogens with zero attached hydrogens (tertiary/aromatic N) is 1. The fourth-order valence-corrected chi connectivity index (χ4v) is 2.65. The number of carbonyl (C=O) groups excluding carboxylic acids is 1. The molecule has 0 fully saturated rings. The summed E-state index contributed by atoms with van der Waals surface area (Å²) in [6, 6.07) is 3.86. The number of fused-ring (bicyclic) bond motifs is 1. The first kappa shape index (κ1) is 11.2. The SMILES string of the molecule is CNCc1cc(C(C)=O)cc2sc(C)nc12. The average molecular weight is 234 g/mol. The van der Waals surface area contributed by atoms with Crippen molar-refractivity contribution < 1.29 is 4.79 Å². The quantitative estimate of drug-likeness (QED) is 0.830. The van der Waals surface area contributed by atoms with E-state index in [1.807, 2.05) is 26.1 Å². The molecule has 0 amide bonds. The molecule has 0 aliphatic rings. The lowest BCUT2D eigenvalue weighted by atomic mass is 10.1. The van der Waals surface area contributed by atoms with Crippen molar-refractivity contribution in [3.63, 3.8) is 0 Å². The van der Waals surface area contributed by atoms with Crippen LogP contribution in [-0.2, 0) is 6.54 Å². The number of benzene rings is 1. The second-order valence-corrected chi connectivity index (χ2v) is 5.04. The number of rotatable bonds is 3. The highest BCUT2D eigenvalue weighted by molar-refractivity contribution is 7.18. The number of thiazole rings is 1. The summed E-state index contributed by atoms with van der Waals surface area (Å²) in [5.74, 6) is 0.102. The van der Waals surface area contributed by atoms with Crippen LogP contribution in [0.4, 0.5) is 0 Å². The predicted octanol–water partition coefficient (Wildman–Crippen LogP) is 2.53. The van der Waals surface area contributed by atoms with E-state index >= 15 is 0 Å². The fourth-order valence-electron chi connectivity index (χ4n) is 1.74. The van der Waals surface area contributed by atoms with Gasteiger partial charge >= 0.3 is 0 Å². The molecule has 0 atom stereocenters. The van der Waals surface area contributed by atoms with Gasteiger partial charge in [0.2, 0.25) is 0 Å². The van der Waals surface area contributed by atoms with E-state index in [9.17, 15) is 4.79 Å². The first-order valence-corrected chi connectivity index (χ1v) is 5.99. The van der Waals surface area contributed by atoms with Crippen LogP contribution in [0.15, 0.2) is 12.1 Å². The molecule has 1 aromatic heterocycles. The smallest absolute Gasteiger partial charge is 0.159 e. The molecule has 0 unspecified atom stereocenters. The van der Waals surface area contributed by atoms with E-state index in [0.717, 1.165) is 32.9 Å². The minimum atomic E-state index is 0.102. The Morgan fingerprint density at radius 3 is 2.88 bits per heavy atom. The Kier molecular flexibility index (Phi) is 3.03. The van der Waals surface area contributed by atoms with Crippen LogP contribution in [0, 0.1) is 6.92 Å². The minimum absolute atomic E-state index is 0.102. The van der Waals surface area contributed by atoms with E-state index in [2.05, 4.69) is 10.3 Å². The Labute approximate surface area is 98.5 Å². The first-order valence-electron chi connectivity index (χ1n) is 5.17. The van der Waals surface area contributed by atoms with E-state index in [0.29, 0.717) is 0 Å². The molecule has 1 N–H and O–H groups in total. The topological polar surface area (TPSA) is 42.0 Å². The number of Topliss-reactive ketones (excluding diaryl/α,β-unsaturated/α-hetero) is 1. The van der Waals surface area contributed by atoms with Gasteiger partial charge in [0.1, 0.15) is 0 Å². The lowest BCUT2D eigenvalue weighted by molar-refractivity contribution is 0.101. The fraction of sp³-hybridized carbons (Fsp3) is 0.333. The maximum absolute atomic E-state index is 11.4. The van der Waals surface area contributed by atoms with Gasteiger partial charge in [-0.2, -0.15) is 0 Å². The summed E-state index contributed by atoms with van der Waals surface area (Å²) in [7, 11) is 1.89. The highest BCUT2D eigenvalue weighted by Gasteiger charge is 2.10. The summed E-state index contributed by atoms with van der Waals surface area (Å²) < 4.78 is 1.09. The standard InChI is InChI=1S/C12H14N2OS/c1-7(15)9-4-10(6-13-3)12-11(5-9)16-8(2)14-12/h4-5,13H,6H2,1-3H3. The Balaban J connectivity index is 2.67. The number of aromatic nitrogens is 1. The van der Waals surface area contributed by atoms with E-state index in [1.165, 1.54) is 0 Å². The van der Waals surface area contributed by atoms with Crippen LogP contribution in [0.2, 0.25) is 0 Å². The maximum atomic E-state index is 11.4. The molecule has 1 heterocycles. The van der Waals surface area contributed by atoms with Gasteiger partial charge in [0, 0.05) is 12.1 Å². The molecule has 0 saturated heterocycles. The van der Waals surface area contributed by atoms with Gasteiger partial charge in [-0.1, -0.05) is 0 Å². The molecule has 0 aliphatic heterocycles. The van der Waals surface area contributed by atoms with Gasteiger partial charge in [-0.25, -0.2) is 4.98 Å². The summed E-state index contributed by atoms with van der Waals surface area (Å²) in [6.07, 6.45) is 0. The first-order chi connectivity index (χ1) is 7.61. The van der Waals surface area contributed by atoms with Gasteiger partial charge in [-0.05, 0) is 38.6 Å². The van der Waals surface area contributed by atoms with E-state index < -0.39 is 0 Å². The molecule has 0 saturated carbocycles. The number of aryl methyl sites for hydroxylation is 1. The number of ketones is 1. The maximum Gasteiger partial charge on any atom is 0.159 e. The van der Waals surface area contributed by atoms with E-state index in [4.69, 9.17) is 0 Å². The number of hydrogen-bond acceptors (Lipinski definition) is 4. The summed E-state index contributed by atoms with van der Waals surface area (Å²) in [4.78, 5) is 15.9. The molecule has 2 aromatic rings. The second-order valence-electron chi connectivity index (χ2n) is 3.80. The molecular weight excluding hydrogens is 220 g/mol. The molecule has 1 aromatic carbocycles. The lowest BCUT2D eigenvalue weighted by Crippen LogP contribution is -2.06. The Hall–Kier alpha value is -1.26. The Morgan fingerprint density at radius 2 is 2.25 bits per heavy atom. The van der Waals surface area contributed by atoms with E-state index in [1.54, 1.807) is 18.3 Å². The molecule has 0 bridgehead atoms. The summed E-state index contributed by atoms with van der Waals surface area (Å²) in [6.45, 7) is 4.32. The largest absolute Gasteiger partial charge is 0.316 e. The van der Waals surface area contributed by atoms with Crippen LogP contribution in [0.3, 0.4) is 0 Å². The molecule has 0 aliphatic carbocycles. The van der Waals surface area contributed by atoms with Crippen molar-refractivity contribution >= 4 is 27.3 Å². The molecule has 4 heteroatoms. The third-order valence-electron chi connectivity index (χ3n) is 2.45. The van der Waals surface area contributed by atoms with Crippen molar-refractivity contribution in [3.05, 3.63) is 28.3 Å².